The highest BCUT2D eigenvalue weighted by Crippen LogP contribution is 2.30. The van der Waals surface area contributed by atoms with E-state index in [1.54, 1.807) is 41.5 Å². The average Bonchev–Trinajstić information content (AvgIpc) is 3.41. The van der Waals surface area contributed by atoms with Crippen LogP contribution in [0.4, 0.5) is 21.4 Å². The molecule has 1 saturated carbocycles. The zero-order chi connectivity index (χ0) is 34.6. The number of carbonyl (C=O) groups is 3. The van der Waals surface area contributed by atoms with Crippen molar-refractivity contribution in [1.29, 1.82) is 0 Å². The topological polar surface area (TPSA) is 156 Å². The van der Waals surface area contributed by atoms with E-state index in [0.717, 1.165) is 40.3 Å². The molecular weight excluding hydrogens is 701 g/mol. The Balaban J connectivity index is 0.00000338. The number of halogens is 2. The van der Waals surface area contributed by atoms with Gasteiger partial charge in [-0.3, -0.25) is 20.7 Å². The summed E-state index contributed by atoms with van der Waals surface area (Å²) in [5, 5.41) is 13.4. The second-order valence-electron chi connectivity index (χ2n) is 13.9. The molecule has 1 aliphatic rings. The van der Waals surface area contributed by atoms with Crippen LogP contribution in [-0.4, -0.2) is 57.3 Å². The quantitative estimate of drug-likeness (QED) is 0.117. The van der Waals surface area contributed by atoms with Crippen molar-refractivity contribution in [2.45, 2.75) is 97.4 Å². The molecule has 15 heteroatoms. The second kappa shape index (κ2) is 16.7. The number of aromatic nitrogens is 2. The molecular formula is C35H45Cl2N7O5S. The van der Waals surface area contributed by atoms with Gasteiger partial charge in [-0.2, -0.15) is 4.98 Å². The number of thiophene rings is 1. The van der Waals surface area contributed by atoms with Crippen LogP contribution in [0.2, 0.25) is 0 Å². The minimum Gasteiger partial charge on any atom is -0.444 e. The Morgan fingerprint density at radius 1 is 0.860 bits per heavy atom. The first-order chi connectivity index (χ1) is 22.6. The molecule has 4 aromatic rings. The Bertz CT molecular complexity index is 1800. The van der Waals surface area contributed by atoms with E-state index in [0.29, 0.717) is 22.6 Å². The minimum absolute atomic E-state index is 0. The maximum Gasteiger partial charge on any atom is 0.414 e. The number of rotatable bonds is 5. The van der Waals surface area contributed by atoms with Crippen LogP contribution < -0.4 is 21.3 Å². The van der Waals surface area contributed by atoms with E-state index in [9.17, 15) is 14.4 Å². The summed E-state index contributed by atoms with van der Waals surface area (Å²) >= 11 is 1.41. The van der Waals surface area contributed by atoms with Gasteiger partial charge >= 0.3 is 12.2 Å². The molecule has 12 nitrogen and oxygen atoms in total. The number of amides is 3. The predicted octanol–water partition coefficient (Wildman–Crippen LogP) is 8.38. The van der Waals surface area contributed by atoms with Crippen molar-refractivity contribution in [2.75, 3.05) is 10.6 Å². The van der Waals surface area contributed by atoms with Gasteiger partial charge in [-0.15, -0.1) is 36.2 Å². The van der Waals surface area contributed by atoms with Crippen molar-refractivity contribution in [3.05, 3.63) is 59.0 Å². The van der Waals surface area contributed by atoms with Crippen LogP contribution >= 0.6 is 36.2 Å². The second-order valence-corrected chi connectivity index (χ2v) is 14.9. The van der Waals surface area contributed by atoms with Gasteiger partial charge in [0.05, 0.1) is 22.5 Å². The molecule has 50 heavy (non-hydrogen) atoms. The Morgan fingerprint density at radius 3 is 2.14 bits per heavy atom. The smallest absolute Gasteiger partial charge is 0.414 e. The number of aliphatic imine (C=N–C) groups is 1. The number of ether oxygens (including phenoxy) is 2. The first-order valence-electron chi connectivity index (χ1n) is 16.0. The van der Waals surface area contributed by atoms with Gasteiger partial charge in [0.1, 0.15) is 17.0 Å². The Morgan fingerprint density at radius 2 is 1.50 bits per heavy atom. The average molecular weight is 747 g/mol. The normalized spacial score (nSPS) is 15.9. The summed E-state index contributed by atoms with van der Waals surface area (Å²) in [4.78, 5) is 53.5. The van der Waals surface area contributed by atoms with Crippen LogP contribution in [0.1, 0.15) is 82.5 Å². The number of anilines is 2. The number of nitrogens with one attached hydrogen (secondary N) is 4. The van der Waals surface area contributed by atoms with Gasteiger partial charge in [0.2, 0.25) is 11.9 Å². The van der Waals surface area contributed by atoms with Crippen LogP contribution in [0, 0.1) is 6.92 Å². The van der Waals surface area contributed by atoms with E-state index in [2.05, 4.69) is 26.3 Å². The summed E-state index contributed by atoms with van der Waals surface area (Å²) in [6, 6.07) is 15.0. The van der Waals surface area contributed by atoms with E-state index in [1.807, 2.05) is 55.5 Å². The largest absolute Gasteiger partial charge is 0.444 e. The van der Waals surface area contributed by atoms with Gasteiger partial charge in [-0.25, -0.2) is 19.6 Å². The van der Waals surface area contributed by atoms with Crippen molar-refractivity contribution in [3.8, 4) is 0 Å². The fraction of sp³-hybridized carbons (Fsp3) is 0.429. The SMILES string of the molecule is Cc1ccc2nc(NC(=O)c3cc4ccccc4s3)nc(N[C@H]3CCCC[C@H]3N=C(NC(=O)OC(C)(C)C)NC(=O)OC(C)(C)C)c2c1.Cl.Cl. The number of nitrogens with zero attached hydrogens (tertiary/aromatic N) is 3. The molecule has 0 unspecified atom stereocenters. The van der Waals surface area contributed by atoms with Crippen LogP contribution in [0.5, 0.6) is 0 Å². The summed E-state index contributed by atoms with van der Waals surface area (Å²) in [5.41, 5.74) is 0.179. The van der Waals surface area contributed by atoms with Crippen LogP contribution in [0.15, 0.2) is 53.5 Å². The minimum atomic E-state index is -0.758. The van der Waals surface area contributed by atoms with E-state index < -0.39 is 23.4 Å². The zero-order valence-corrected chi connectivity index (χ0v) is 31.7. The van der Waals surface area contributed by atoms with E-state index in [4.69, 9.17) is 19.5 Å². The first kappa shape index (κ1) is 40.2. The number of alkyl carbamates (subject to hydrolysis) is 2. The number of benzene rings is 2. The summed E-state index contributed by atoms with van der Waals surface area (Å²) < 4.78 is 11.9. The molecule has 4 N–H and O–H groups in total. The van der Waals surface area contributed by atoms with Gasteiger partial charge < -0.3 is 14.8 Å². The number of hydrogen-bond acceptors (Lipinski definition) is 10. The molecule has 2 atom stereocenters. The standard InChI is InChI=1S/C35H43N7O5S.2ClH/c1-20-16-17-23-22(18-20)28(39-30(37-23)40-29(43)27-19-21-12-8-11-15-26(21)48-27)36-24-13-9-10-14-25(24)38-31(41-32(44)46-34(2,3)4)42-33(45)47-35(5,6)7;;/h8,11-12,15-19,24-25H,9-10,13-14H2,1-7H3,(H2,36,37,39,40,43)(H2,38,41,42,44,45);2*1H/t24-,25+;;/m0../s1. The molecule has 0 aliphatic heterocycles. The van der Waals surface area contributed by atoms with Crippen LogP contribution in [-0.2, 0) is 9.47 Å². The number of guanidine groups is 1. The molecule has 2 aromatic carbocycles. The van der Waals surface area contributed by atoms with Crippen molar-refractivity contribution in [2.24, 2.45) is 4.99 Å². The molecule has 2 aromatic heterocycles. The lowest BCUT2D eigenvalue weighted by Gasteiger charge is -2.31. The maximum atomic E-state index is 13.3. The molecule has 2 heterocycles. The van der Waals surface area contributed by atoms with Crippen LogP contribution in [0.3, 0.4) is 0 Å². The highest BCUT2D eigenvalue weighted by molar-refractivity contribution is 7.20. The highest BCUT2D eigenvalue weighted by atomic mass is 35.5. The van der Waals surface area contributed by atoms with Gasteiger partial charge in [0.15, 0.2) is 0 Å². The molecule has 3 amide bonds. The van der Waals surface area contributed by atoms with E-state index >= 15 is 0 Å². The van der Waals surface area contributed by atoms with E-state index in [-0.39, 0.29) is 54.7 Å². The molecule has 0 saturated heterocycles. The van der Waals surface area contributed by atoms with Crippen molar-refractivity contribution < 1.29 is 23.9 Å². The third-order valence-corrected chi connectivity index (χ3v) is 8.43. The number of carbonyl (C=O) groups excluding carboxylic acids is 3. The lowest BCUT2D eigenvalue weighted by atomic mass is 9.90. The van der Waals surface area contributed by atoms with Crippen molar-refractivity contribution in [1.82, 2.24) is 20.6 Å². The maximum absolute atomic E-state index is 13.3. The molecule has 5 rings (SSSR count). The van der Waals surface area contributed by atoms with Gasteiger partial charge in [0, 0.05) is 10.1 Å². The third kappa shape index (κ3) is 11.2. The summed E-state index contributed by atoms with van der Waals surface area (Å²) in [5.74, 6) is 0.354. The van der Waals surface area contributed by atoms with Crippen LogP contribution in [0.25, 0.3) is 21.0 Å². The number of fused-ring (bicyclic) bond motifs is 2. The number of aryl methyl sites for hydroxylation is 1. The van der Waals surface area contributed by atoms with Gasteiger partial charge in [-0.1, -0.05) is 42.7 Å². The van der Waals surface area contributed by atoms with Gasteiger partial charge in [-0.05, 0) is 91.0 Å². The molecule has 0 spiro atoms. The van der Waals surface area contributed by atoms with Crippen molar-refractivity contribution >= 4 is 93.0 Å². The lowest BCUT2D eigenvalue weighted by molar-refractivity contribution is 0.0544. The Labute approximate surface area is 308 Å². The molecule has 0 radical (unpaired) electrons. The zero-order valence-electron chi connectivity index (χ0n) is 29.2. The van der Waals surface area contributed by atoms with Gasteiger partial charge in [0.25, 0.3) is 5.91 Å². The Hall–Kier alpha value is -4.20. The van der Waals surface area contributed by atoms with Crippen molar-refractivity contribution in [3.63, 3.8) is 0 Å². The molecule has 0 bridgehead atoms. The molecule has 1 aliphatic carbocycles. The summed E-state index contributed by atoms with van der Waals surface area (Å²) in [6.45, 7) is 12.5. The fourth-order valence-electron chi connectivity index (χ4n) is 5.34. The first-order valence-corrected chi connectivity index (χ1v) is 16.9. The lowest BCUT2D eigenvalue weighted by Crippen LogP contribution is -2.49. The summed E-state index contributed by atoms with van der Waals surface area (Å²) in [7, 11) is 0. The fourth-order valence-corrected chi connectivity index (χ4v) is 6.30. The molecule has 1 fully saturated rings. The van der Waals surface area contributed by atoms with E-state index in [1.165, 1.54) is 11.3 Å². The third-order valence-electron chi connectivity index (χ3n) is 7.31. The Kier molecular flexibility index (Phi) is 13.4. The molecule has 270 valence electrons. The predicted molar refractivity (Wildman–Crippen MR) is 204 cm³/mol. The highest BCUT2D eigenvalue weighted by Gasteiger charge is 2.29. The summed E-state index contributed by atoms with van der Waals surface area (Å²) in [6.07, 6.45) is 1.77. The monoisotopic (exact) mass is 745 g/mol. The number of hydrogen-bond donors (Lipinski definition) is 4.